The highest BCUT2D eigenvalue weighted by atomic mass is 14.2. The second-order valence-electron chi connectivity index (χ2n) is 4.70. The third-order valence-corrected chi connectivity index (χ3v) is 3.48. The summed E-state index contributed by atoms with van der Waals surface area (Å²) in [6.07, 6.45) is 3.85. The van der Waals surface area contributed by atoms with Crippen LogP contribution >= 0.6 is 0 Å². The summed E-state index contributed by atoms with van der Waals surface area (Å²) in [5.74, 6) is 0. The molecule has 0 heterocycles. The molecule has 0 aliphatic heterocycles. The first-order valence-electron chi connectivity index (χ1n) is 6.02. The molecule has 0 N–H and O–H groups in total. The van der Waals surface area contributed by atoms with Crippen LogP contribution in [-0.2, 0) is 12.8 Å². The van der Waals surface area contributed by atoms with E-state index in [1.807, 2.05) is 0 Å². The van der Waals surface area contributed by atoms with Gasteiger partial charge in [-0.3, -0.25) is 0 Å². The maximum atomic E-state index is 2.37. The van der Waals surface area contributed by atoms with Gasteiger partial charge in [-0.2, -0.15) is 0 Å². The van der Waals surface area contributed by atoms with E-state index in [9.17, 15) is 0 Å². The molecule has 3 rings (SSSR count). The van der Waals surface area contributed by atoms with E-state index in [-0.39, 0.29) is 0 Å². The van der Waals surface area contributed by atoms with Crippen molar-refractivity contribution in [3.05, 3.63) is 59.2 Å². The Morgan fingerprint density at radius 1 is 0.750 bits per heavy atom. The number of hydrogen-bond acceptors (Lipinski definition) is 0. The first-order valence-corrected chi connectivity index (χ1v) is 6.02. The molecule has 0 bridgehead atoms. The van der Waals surface area contributed by atoms with E-state index in [0.717, 1.165) is 0 Å². The Balaban J connectivity index is 2.03. The normalized spacial score (nSPS) is 13.8. The quantitative estimate of drug-likeness (QED) is 0.660. The van der Waals surface area contributed by atoms with E-state index in [1.54, 1.807) is 11.1 Å². The van der Waals surface area contributed by atoms with Crippen LogP contribution < -0.4 is 0 Å². The average molecular weight is 208 g/mol. The van der Waals surface area contributed by atoms with Gasteiger partial charge in [-0.05, 0) is 48.4 Å². The molecule has 2 aromatic carbocycles. The van der Waals surface area contributed by atoms with Crippen LogP contribution in [0.25, 0.3) is 11.1 Å². The summed E-state index contributed by atoms with van der Waals surface area (Å²) in [5.41, 5.74) is 7.12. The summed E-state index contributed by atoms with van der Waals surface area (Å²) >= 11 is 0. The third kappa shape index (κ3) is 1.65. The first kappa shape index (κ1) is 9.65. The maximum Gasteiger partial charge on any atom is -0.0181 e. The molecule has 0 amide bonds. The number of aryl methyl sites for hydroxylation is 3. The van der Waals surface area contributed by atoms with Gasteiger partial charge < -0.3 is 0 Å². The highest BCUT2D eigenvalue weighted by Gasteiger charge is 2.10. The lowest BCUT2D eigenvalue weighted by Gasteiger charge is -2.05. The van der Waals surface area contributed by atoms with E-state index >= 15 is 0 Å². The van der Waals surface area contributed by atoms with Gasteiger partial charge >= 0.3 is 0 Å². The van der Waals surface area contributed by atoms with Crippen molar-refractivity contribution in [3.8, 4) is 11.1 Å². The fraction of sp³-hybridized carbons (Fsp3) is 0.250. The van der Waals surface area contributed by atoms with Crippen LogP contribution in [0.3, 0.4) is 0 Å². The van der Waals surface area contributed by atoms with E-state index < -0.39 is 0 Å². The SMILES string of the molecule is Cc1ccc(-c2ccc3c(c2)CCC3)cc1. The molecule has 0 heteroatoms. The summed E-state index contributed by atoms with van der Waals surface area (Å²) in [6, 6.07) is 15.7. The number of rotatable bonds is 1. The summed E-state index contributed by atoms with van der Waals surface area (Å²) in [6.45, 7) is 2.13. The van der Waals surface area contributed by atoms with Gasteiger partial charge in [-0.25, -0.2) is 0 Å². The van der Waals surface area contributed by atoms with Crippen molar-refractivity contribution in [1.82, 2.24) is 0 Å². The molecule has 0 aromatic heterocycles. The zero-order valence-electron chi connectivity index (χ0n) is 9.66. The van der Waals surface area contributed by atoms with Gasteiger partial charge in [-0.15, -0.1) is 0 Å². The van der Waals surface area contributed by atoms with Crippen molar-refractivity contribution in [1.29, 1.82) is 0 Å². The highest BCUT2D eigenvalue weighted by molar-refractivity contribution is 5.65. The molecule has 0 atom stereocenters. The van der Waals surface area contributed by atoms with Crippen LogP contribution in [0.5, 0.6) is 0 Å². The van der Waals surface area contributed by atoms with Crippen LogP contribution in [0.4, 0.5) is 0 Å². The maximum absolute atomic E-state index is 2.37. The van der Waals surface area contributed by atoms with Crippen molar-refractivity contribution in [2.75, 3.05) is 0 Å². The van der Waals surface area contributed by atoms with Crippen LogP contribution in [0.1, 0.15) is 23.1 Å². The number of benzene rings is 2. The lowest BCUT2D eigenvalue weighted by atomic mass is 10.00. The summed E-state index contributed by atoms with van der Waals surface area (Å²) < 4.78 is 0. The van der Waals surface area contributed by atoms with Crippen molar-refractivity contribution in [2.45, 2.75) is 26.2 Å². The van der Waals surface area contributed by atoms with E-state index in [0.29, 0.717) is 0 Å². The minimum atomic E-state index is 1.26. The first-order chi connectivity index (χ1) is 7.83. The van der Waals surface area contributed by atoms with Gasteiger partial charge in [0.15, 0.2) is 0 Å². The smallest absolute Gasteiger partial charge is 0.0181 e. The van der Waals surface area contributed by atoms with Gasteiger partial charge in [0, 0.05) is 0 Å². The average Bonchev–Trinajstić information content (AvgIpc) is 2.77. The minimum Gasteiger partial charge on any atom is -0.0587 e. The molecule has 1 aliphatic rings. The molecule has 0 spiro atoms. The summed E-state index contributed by atoms with van der Waals surface area (Å²) in [7, 11) is 0. The largest absolute Gasteiger partial charge is 0.0587 e. The molecule has 0 radical (unpaired) electrons. The fourth-order valence-corrected chi connectivity index (χ4v) is 2.50. The summed E-state index contributed by atoms with van der Waals surface area (Å²) in [5, 5.41) is 0. The van der Waals surface area contributed by atoms with E-state index in [2.05, 4.69) is 49.4 Å². The molecule has 0 saturated carbocycles. The molecular weight excluding hydrogens is 192 g/mol. The molecule has 80 valence electrons. The number of hydrogen-bond donors (Lipinski definition) is 0. The van der Waals surface area contributed by atoms with Gasteiger partial charge in [0.1, 0.15) is 0 Å². The van der Waals surface area contributed by atoms with Crippen LogP contribution in [0.2, 0.25) is 0 Å². The van der Waals surface area contributed by atoms with Gasteiger partial charge in [0.2, 0.25) is 0 Å². The summed E-state index contributed by atoms with van der Waals surface area (Å²) in [4.78, 5) is 0. The third-order valence-electron chi connectivity index (χ3n) is 3.48. The Kier molecular flexibility index (Phi) is 2.28. The minimum absolute atomic E-state index is 1.26. The van der Waals surface area contributed by atoms with Gasteiger partial charge in [-0.1, -0.05) is 48.0 Å². The second kappa shape index (κ2) is 3.79. The molecule has 0 nitrogen and oxygen atoms in total. The van der Waals surface area contributed by atoms with Gasteiger partial charge in [0.25, 0.3) is 0 Å². The van der Waals surface area contributed by atoms with Crippen LogP contribution in [0.15, 0.2) is 42.5 Å². The molecule has 1 aliphatic carbocycles. The predicted molar refractivity (Wildman–Crippen MR) is 68.6 cm³/mol. The monoisotopic (exact) mass is 208 g/mol. The zero-order valence-corrected chi connectivity index (χ0v) is 9.66. The molecule has 0 saturated heterocycles. The molecule has 2 aromatic rings. The Morgan fingerprint density at radius 3 is 2.25 bits per heavy atom. The van der Waals surface area contributed by atoms with E-state index in [4.69, 9.17) is 0 Å². The molecular formula is C16H16. The van der Waals surface area contributed by atoms with Crippen LogP contribution in [-0.4, -0.2) is 0 Å². The standard InChI is InChI=1S/C16H16/c1-12-5-7-14(8-6-12)16-10-9-13-3-2-4-15(13)11-16/h5-11H,2-4H2,1H3. The molecule has 0 unspecified atom stereocenters. The molecule has 0 fully saturated rings. The zero-order chi connectivity index (χ0) is 11.0. The topological polar surface area (TPSA) is 0 Å². The van der Waals surface area contributed by atoms with Crippen molar-refractivity contribution in [3.63, 3.8) is 0 Å². The predicted octanol–water partition coefficient (Wildman–Crippen LogP) is 4.15. The number of fused-ring (bicyclic) bond motifs is 1. The van der Waals surface area contributed by atoms with Crippen molar-refractivity contribution < 1.29 is 0 Å². The highest BCUT2D eigenvalue weighted by Crippen LogP contribution is 2.28. The Labute approximate surface area is 96.9 Å². The Bertz CT molecular complexity index is 506. The van der Waals surface area contributed by atoms with Crippen LogP contribution in [0, 0.1) is 6.92 Å². The second-order valence-corrected chi connectivity index (χ2v) is 4.70. The lowest BCUT2D eigenvalue weighted by Crippen LogP contribution is -1.84. The van der Waals surface area contributed by atoms with Crippen molar-refractivity contribution in [2.24, 2.45) is 0 Å². The Hall–Kier alpha value is -1.56. The van der Waals surface area contributed by atoms with E-state index in [1.165, 1.54) is 36.0 Å². The Morgan fingerprint density at radius 2 is 1.44 bits per heavy atom. The van der Waals surface area contributed by atoms with Crippen molar-refractivity contribution >= 4 is 0 Å². The van der Waals surface area contributed by atoms with Gasteiger partial charge in [0.05, 0.1) is 0 Å². The fourth-order valence-electron chi connectivity index (χ4n) is 2.50. The molecule has 16 heavy (non-hydrogen) atoms. The lowest BCUT2D eigenvalue weighted by molar-refractivity contribution is 0.912.